The molecule has 0 aliphatic heterocycles. The summed E-state index contributed by atoms with van der Waals surface area (Å²) in [5, 5.41) is 2.88. The van der Waals surface area contributed by atoms with Gasteiger partial charge in [-0.15, -0.1) is 0 Å². The van der Waals surface area contributed by atoms with E-state index in [9.17, 15) is 13.2 Å². The molecule has 2 rings (SSSR count). The number of halogens is 3. The van der Waals surface area contributed by atoms with Crippen LogP contribution in [0.2, 0.25) is 0 Å². The molecule has 92 valence electrons. The molecule has 0 amide bonds. The third-order valence-corrected chi connectivity index (χ3v) is 2.39. The van der Waals surface area contributed by atoms with Crippen molar-refractivity contribution in [1.82, 2.24) is 19.7 Å². The lowest BCUT2D eigenvalue weighted by Gasteiger charge is -2.03. The first-order valence-electron chi connectivity index (χ1n) is 5.07. The van der Waals surface area contributed by atoms with Gasteiger partial charge in [0.15, 0.2) is 0 Å². The first-order chi connectivity index (χ1) is 8.04. The summed E-state index contributed by atoms with van der Waals surface area (Å²) in [4.78, 5) is 7.48. The minimum atomic E-state index is -4.46. The van der Waals surface area contributed by atoms with Crippen LogP contribution in [0.4, 0.5) is 13.2 Å². The van der Waals surface area contributed by atoms with Crippen molar-refractivity contribution < 1.29 is 13.2 Å². The van der Waals surface area contributed by atoms with Gasteiger partial charge in [0, 0.05) is 25.4 Å². The summed E-state index contributed by atoms with van der Waals surface area (Å²) in [6.45, 7) is 0.568. The summed E-state index contributed by atoms with van der Waals surface area (Å²) in [5.74, 6) is -0.902. The highest BCUT2D eigenvalue weighted by atomic mass is 19.4. The van der Waals surface area contributed by atoms with Crippen molar-refractivity contribution in [2.75, 3.05) is 13.6 Å². The number of hydrogen-bond donors (Lipinski definition) is 1. The molecule has 0 radical (unpaired) electrons. The van der Waals surface area contributed by atoms with Gasteiger partial charge < -0.3 is 5.32 Å². The molecule has 2 aromatic heterocycles. The zero-order valence-corrected chi connectivity index (χ0v) is 9.12. The molecular weight excluding hydrogens is 233 g/mol. The molecule has 17 heavy (non-hydrogen) atoms. The van der Waals surface area contributed by atoms with Gasteiger partial charge in [-0.2, -0.15) is 13.2 Å². The summed E-state index contributed by atoms with van der Waals surface area (Å²) >= 11 is 0. The van der Waals surface area contributed by atoms with Gasteiger partial charge in [0.2, 0.25) is 5.82 Å². The summed E-state index contributed by atoms with van der Waals surface area (Å²) in [6, 6.07) is 0. The molecule has 0 fully saturated rings. The van der Waals surface area contributed by atoms with Crippen molar-refractivity contribution in [3.05, 3.63) is 30.1 Å². The molecule has 0 aromatic carbocycles. The minimum absolute atomic E-state index is 0.398. The van der Waals surface area contributed by atoms with Crippen LogP contribution in [0, 0.1) is 0 Å². The molecule has 2 heterocycles. The van der Waals surface area contributed by atoms with Crippen molar-refractivity contribution in [2.45, 2.75) is 12.6 Å². The lowest BCUT2D eigenvalue weighted by atomic mass is 10.3. The number of likely N-dealkylation sites (N-methyl/N-ethyl adjacent to an activating group) is 1. The summed E-state index contributed by atoms with van der Waals surface area (Å²) in [6.07, 6.45) is -0.0447. The largest absolute Gasteiger partial charge is 0.450 e. The molecule has 0 atom stereocenters. The Hall–Kier alpha value is -1.63. The van der Waals surface area contributed by atoms with E-state index in [1.807, 2.05) is 0 Å². The number of fused-ring (bicyclic) bond motifs is 1. The number of rotatable bonds is 3. The van der Waals surface area contributed by atoms with Gasteiger partial charge in [-0.25, -0.2) is 4.98 Å². The summed E-state index contributed by atoms with van der Waals surface area (Å²) < 4.78 is 39.2. The standard InChI is InChI=1S/C10H11F3N4/c1-14-3-2-7-8-6-15-4-5-17(8)9(16-7)10(11,12)13/h4-6,14H,2-3H2,1H3. The SMILES string of the molecule is CNCCc1nc(C(F)(F)F)n2ccncc12. The van der Waals surface area contributed by atoms with E-state index in [1.54, 1.807) is 7.05 Å². The van der Waals surface area contributed by atoms with Crippen molar-refractivity contribution in [2.24, 2.45) is 0 Å². The Morgan fingerprint density at radius 3 is 2.82 bits per heavy atom. The van der Waals surface area contributed by atoms with E-state index >= 15 is 0 Å². The Balaban J connectivity index is 2.55. The highest BCUT2D eigenvalue weighted by molar-refractivity contribution is 5.51. The fraction of sp³-hybridized carbons (Fsp3) is 0.400. The Morgan fingerprint density at radius 2 is 2.18 bits per heavy atom. The van der Waals surface area contributed by atoms with Crippen LogP contribution in [-0.4, -0.2) is 28.0 Å². The molecule has 4 nitrogen and oxygen atoms in total. The summed E-state index contributed by atoms with van der Waals surface area (Å²) in [7, 11) is 1.74. The molecular formula is C10H11F3N4. The van der Waals surface area contributed by atoms with E-state index in [0.717, 1.165) is 4.40 Å². The van der Waals surface area contributed by atoms with Crippen LogP contribution < -0.4 is 5.32 Å². The number of alkyl halides is 3. The van der Waals surface area contributed by atoms with E-state index in [1.165, 1.54) is 18.6 Å². The van der Waals surface area contributed by atoms with E-state index in [0.29, 0.717) is 24.2 Å². The molecule has 2 aromatic rings. The van der Waals surface area contributed by atoms with Crippen LogP contribution in [0.3, 0.4) is 0 Å². The third kappa shape index (κ3) is 2.23. The van der Waals surface area contributed by atoms with Gasteiger partial charge in [0.1, 0.15) is 0 Å². The smallest absolute Gasteiger partial charge is 0.319 e. The Bertz CT molecular complexity index is 518. The van der Waals surface area contributed by atoms with Gasteiger partial charge in [0.25, 0.3) is 0 Å². The molecule has 0 aliphatic carbocycles. The predicted octanol–water partition coefficient (Wildman–Crippen LogP) is 1.51. The highest BCUT2D eigenvalue weighted by Crippen LogP contribution is 2.29. The van der Waals surface area contributed by atoms with E-state index in [2.05, 4.69) is 15.3 Å². The van der Waals surface area contributed by atoms with Crippen molar-refractivity contribution in [3.8, 4) is 0 Å². The van der Waals surface area contributed by atoms with Crippen LogP contribution in [0.5, 0.6) is 0 Å². The Kier molecular flexibility index (Phi) is 3.01. The third-order valence-electron chi connectivity index (χ3n) is 2.39. The quantitative estimate of drug-likeness (QED) is 0.889. The van der Waals surface area contributed by atoms with E-state index in [4.69, 9.17) is 0 Å². The van der Waals surface area contributed by atoms with Crippen molar-refractivity contribution in [1.29, 1.82) is 0 Å². The fourth-order valence-corrected chi connectivity index (χ4v) is 1.63. The predicted molar refractivity (Wildman–Crippen MR) is 55.6 cm³/mol. The highest BCUT2D eigenvalue weighted by Gasteiger charge is 2.36. The maximum absolute atomic E-state index is 12.7. The number of nitrogens with zero attached hydrogens (tertiary/aromatic N) is 3. The second-order valence-corrected chi connectivity index (χ2v) is 3.56. The van der Waals surface area contributed by atoms with Crippen LogP contribution in [0.1, 0.15) is 11.5 Å². The topological polar surface area (TPSA) is 42.2 Å². The molecule has 7 heteroatoms. The molecule has 0 saturated heterocycles. The first-order valence-corrected chi connectivity index (χ1v) is 5.07. The maximum Gasteiger partial charge on any atom is 0.450 e. The number of hydrogen-bond acceptors (Lipinski definition) is 3. The Labute approximate surface area is 95.5 Å². The lowest BCUT2D eigenvalue weighted by molar-refractivity contribution is -0.145. The van der Waals surface area contributed by atoms with Gasteiger partial charge in [0.05, 0.1) is 17.4 Å². The molecule has 1 N–H and O–H groups in total. The van der Waals surface area contributed by atoms with Crippen LogP contribution in [0.25, 0.3) is 5.52 Å². The Morgan fingerprint density at radius 1 is 1.41 bits per heavy atom. The van der Waals surface area contributed by atoms with Gasteiger partial charge in [-0.3, -0.25) is 9.38 Å². The fourth-order valence-electron chi connectivity index (χ4n) is 1.63. The first kappa shape index (κ1) is 11.8. The maximum atomic E-state index is 12.7. The monoisotopic (exact) mass is 244 g/mol. The lowest BCUT2D eigenvalue weighted by Crippen LogP contribution is -2.12. The van der Waals surface area contributed by atoms with Crippen LogP contribution in [0.15, 0.2) is 18.6 Å². The summed E-state index contributed by atoms with van der Waals surface area (Å²) in [5.41, 5.74) is 0.801. The van der Waals surface area contributed by atoms with Crippen LogP contribution >= 0.6 is 0 Å². The minimum Gasteiger partial charge on any atom is -0.319 e. The number of imidazole rings is 1. The zero-order chi connectivity index (χ0) is 12.5. The van der Waals surface area contributed by atoms with Gasteiger partial charge in [-0.1, -0.05) is 0 Å². The zero-order valence-electron chi connectivity index (χ0n) is 9.12. The normalized spacial score (nSPS) is 12.2. The average Bonchev–Trinajstić information content (AvgIpc) is 2.65. The van der Waals surface area contributed by atoms with E-state index in [-0.39, 0.29) is 0 Å². The number of aromatic nitrogens is 3. The molecule has 0 unspecified atom stereocenters. The van der Waals surface area contributed by atoms with Gasteiger partial charge in [-0.05, 0) is 7.05 Å². The van der Waals surface area contributed by atoms with Crippen LogP contribution in [-0.2, 0) is 12.6 Å². The number of nitrogens with one attached hydrogen (secondary N) is 1. The second kappa shape index (κ2) is 4.33. The van der Waals surface area contributed by atoms with Gasteiger partial charge >= 0.3 is 6.18 Å². The second-order valence-electron chi connectivity index (χ2n) is 3.56. The average molecular weight is 244 g/mol. The molecule has 0 spiro atoms. The molecule has 0 saturated carbocycles. The van der Waals surface area contributed by atoms with E-state index < -0.39 is 12.0 Å². The van der Waals surface area contributed by atoms with Crippen molar-refractivity contribution >= 4 is 5.52 Å². The molecule has 0 bridgehead atoms. The molecule has 0 aliphatic rings. The van der Waals surface area contributed by atoms with Crippen molar-refractivity contribution in [3.63, 3.8) is 0 Å².